The number of sulfonamides is 1. The smallest absolute Gasteiger partial charge is 0.262 e. The van der Waals surface area contributed by atoms with Gasteiger partial charge in [-0.05, 0) is 52.7 Å². The molecule has 0 saturated heterocycles. The Hall–Kier alpha value is -1.60. The third-order valence-corrected chi connectivity index (χ3v) is 4.85. The number of anilines is 2. The highest BCUT2D eigenvalue weighted by atomic mass is 79.9. The minimum absolute atomic E-state index is 0.0210. The Kier molecular flexibility index (Phi) is 4.01. The Morgan fingerprint density at radius 2 is 1.95 bits per heavy atom. The van der Waals surface area contributed by atoms with Crippen molar-refractivity contribution in [2.24, 2.45) is 0 Å². The van der Waals surface area contributed by atoms with Gasteiger partial charge in [0.2, 0.25) is 0 Å². The van der Waals surface area contributed by atoms with Gasteiger partial charge in [-0.1, -0.05) is 12.1 Å². The Balaban J connectivity index is 2.49. The minimum atomic E-state index is -3.91. The SMILES string of the molecule is Cc1ccc(N)cc1S(=O)(=O)Nc1c(F)cccc1Br. The van der Waals surface area contributed by atoms with Gasteiger partial charge in [0, 0.05) is 10.2 Å². The predicted octanol–water partition coefficient (Wildman–Crippen LogP) is 3.28. The lowest BCUT2D eigenvalue weighted by Gasteiger charge is -2.12. The van der Waals surface area contributed by atoms with E-state index >= 15 is 0 Å². The molecule has 0 aliphatic heterocycles. The number of halogens is 2. The monoisotopic (exact) mass is 358 g/mol. The summed E-state index contributed by atoms with van der Waals surface area (Å²) >= 11 is 3.11. The van der Waals surface area contributed by atoms with Crippen LogP contribution in [0.2, 0.25) is 0 Å². The van der Waals surface area contributed by atoms with Crippen LogP contribution in [0.3, 0.4) is 0 Å². The molecule has 2 rings (SSSR count). The standard InChI is InChI=1S/C13H12BrFN2O2S/c1-8-5-6-9(16)7-12(8)20(18,19)17-13-10(14)3-2-4-11(13)15/h2-7,17H,16H2,1H3. The van der Waals surface area contributed by atoms with Crippen molar-refractivity contribution in [3.05, 3.63) is 52.3 Å². The van der Waals surface area contributed by atoms with Gasteiger partial charge in [0.15, 0.2) is 0 Å². The van der Waals surface area contributed by atoms with Gasteiger partial charge < -0.3 is 5.73 Å². The van der Waals surface area contributed by atoms with Crippen molar-refractivity contribution in [3.8, 4) is 0 Å². The molecule has 2 aromatic carbocycles. The largest absolute Gasteiger partial charge is 0.399 e. The molecule has 0 bridgehead atoms. The fourth-order valence-electron chi connectivity index (χ4n) is 1.69. The Bertz CT molecular complexity index is 743. The molecule has 7 heteroatoms. The molecule has 0 saturated carbocycles. The van der Waals surface area contributed by atoms with Crippen molar-refractivity contribution in [1.29, 1.82) is 0 Å². The van der Waals surface area contributed by atoms with E-state index < -0.39 is 15.8 Å². The molecule has 20 heavy (non-hydrogen) atoms. The van der Waals surface area contributed by atoms with E-state index in [1.165, 1.54) is 18.2 Å². The Morgan fingerprint density at radius 1 is 1.25 bits per heavy atom. The number of aryl methyl sites for hydroxylation is 1. The van der Waals surface area contributed by atoms with Gasteiger partial charge in [-0.15, -0.1) is 0 Å². The summed E-state index contributed by atoms with van der Waals surface area (Å²) < 4.78 is 40.9. The number of nitrogens with two attached hydrogens (primary N) is 1. The molecule has 0 amide bonds. The third kappa shape index (κ3) is 2.94. The first-order valence-electron chi connectivity index (χ1n) is 5.64. The van der Waals surface area contributed by atoms with E-state index in [-0.39, 0.29) is 10.6 Å². The van der Waals surface area contributed by atoms with Crippen LogP contribution >= 0.6 is 15.9 Å². The molecular weight excluding hydrogens is 347 g/mol. The minimum Gasteiger partial charge on any atom is -0.399 e. The Labute approximate surface area is 125 Å². The summed E-state index contributed by atoms with van der Waals surface area (Å²) in [6.45, 7) is 1.64. The number of nitrogen functional groups attached to an aromatic ring is 1. The molecule has 0 aromatic heterocycles. The maximum absolute atomic E-state index is 13.7. The van der Waals surface area contributed by atoms with E-state index in [9.17, 15) is 12.8 Å². The molecule has 4 nitrogen and oxygen atoms in total. The van der Waals surface area contributed by atoms with E-state index in [0.717, 1.165) is 0 Å². The third-order valence-electron chi connectivity index (χ3n) is 2.70. The first-order valence-corrected chi connectivity index (χ1v) is 7.92. The van der Waals surface area contributed by atoms with Crippen LogP contribution in [-0.4, -0.2) is 8.42 Å². The van der Waals surface area contributed by atoms with Crippen LogP contribution in [0.4, 0.5) is 15.8 Å². The van der Waals surface area contributed by atoms with Gasteiger partial charge in [-0.2, -0.15) is 0 Å². The zero-order valence-corrected chi connectivity index (χ0v) is 12.9. The fraction of sp³-hybridized carbons (Fsp3) is 0.0769. The van der Waals surface area contributed by atoms with Crippen molar-refractivity contribution in [2.45, 2.75) is 11.8 Å². The molecule has 2 aromatic rings. The molecule has 106 valence electrons. The highest BCUT2D eigenvalue weighted by Gasteiger charge is 2.20. The highest BCUT2D eigenvalue weighted by molar-refractivity contribution is 9.10. The summed E-state index contributed by atoms with van der Waals surface area (Å²) in [6, 6.07) is 8.74. The molecule has 0 spiro atoms. The first-order chi connectivity index (χ1) is 9.31. The lowest BCUT2D eigenvalue weighted by Crippen LogP contribution is -2.16. The molecule has 0 radical (unpaired) electrons. The summed E-state index contributed by atoms with van der Waals surface area (Å²) in [5.41, 5.74) is 6.32. The summed E-state index contributed by atoms with van der Waals surface area (Å²) in [6.07, 6.45) is 0. The van der Waals surface area contributed by atoms with Crippen LogP contribution in [0, 0.1) is 12.7 Å². The van der Waals surface area contributed by atoms with Gasteiger partial charge >= 0.3 is 0 Å². The molecule has 0 aliphatic rings. The van der Waals surface area contributed by atoms with Gasteiger partial charge in [0.25, 0.3) is 10.0 Å². The normalized spacial score (nSPS) is 11.3. The van der Waals surface area contributed by atoms with Crippen LogP contribution in [0.1, 0.15) is 5.56 Å². The average Bonchev–Trinajstić information content (AvgIpc) is 2.37. The summed E-state index contributed by atoms with van der Waals surface area (Å²) in [5, 5.41) is 0. The topological polar surface area (TPSA) is 72.2 Å². The van der Waals surface area contributed by atoms with Crippen LogP contribution in [0.25, 0.3) is 0 Å². The molecule has 0 aliphatic carbocycles. The second kappa shape index (κ2) is 5.41. The number of para-hydroxylation sites is 1. The van der Waals surface area contributed by atoms with Crippen LogP contribution in [-0.2, 0) is 10.0 Å². The highest BCUT2D eigenvalue weighted by Crippen LogP contribution is 2.29. The van der Waals surface area contributed by atoms with Crippen molar-refractivity contribution < 1.29 is 12.8 Å². The van der Waals surface area contributed by atoms with Crippen molar-refractivity contribution in [1.82, 2.24) is 0 Å². The summed E-state index contributed by atoms with van der Waals surface area (Å²) in [5.74, 6) is -0.662. The lowest BCUT2D eigenvalue weighted by atomic mass is 10.2. The summed E-state index contributed by atoms with van der Waals surface area (Å²) in [4.78, 5) is 0.0210. The first kappa shape index (κ1) is 14.8. The predicted molar refractivity (Wildman–Crippen MR) is 80.5 cm³/mol. The van der Waals surface area contributed by atoms with Crippen LogP contribution < -0.4 is 10.5 Å². The number of hydrogen-bond donors (Lipinski definition) is 2. The Morgan fingerprint density at radius 3 is 2.60 bits per heavy atom. The molecule has 3 N–H and O–H groups in total. The van der Waals surface area contributed by atoms with Gasteiger partial charge in [0.1, 0.15) is 5.82 Å². The number of hydrogen-bond acceptors (Lipinski definition) is 3. The quantitative estimate of drug-likeness (QED) is 0.827. The maximum atomic E-state index is 13.7. The number of benzene rings is 2. The van der Waals surface area contributed by atoms with E-state index in [1.54, 1.807) is 25.1 Å². The maximum Gasteiger partial charge on any atom is 0.262 e. The van der Waals surface area contributed by atoms with E-state index in [4.69, 9.17) is 5.73 Å². The van der Waals surface area contributed by atoms with Gasteiger partial charge in [0.05, 0.1) is 10.6 Å². The number of rotatable bonds is 3. The van der Waals surface area contributed by atoms with E-state index in [1.807, 2.05) is 0 Å². The van der Waals surface area contributed by atoms with Crippen LogP contribution in [0.15, 0.2) is 45.8 Å². The molecule has 0 heterocycles. The zero-order chi connectivity index (χ0) is 14.9. The zero-order valence-electron chi connectivity index (χ0n) is 10.5. The average molecular weight is 359 g/mol. The second-order valence-electron chi connectivity index (χ2n) is 4.23. The van der Waals surface area contributed by atoms with Gasteiger partial charge in [-0.25, -0.2) is 12.8 Å². The fourth-order valence-corrected chi connectivity index (χ4v) is 3.63. The molecular formula is C13H12BrFN2O2S. The summed E-state index contributed by atoms with van der Waals surface area (Å²) in [7, 11) is -3.91. The second-order valence-corrected chi connectivity index (χ2v) is 6.73. The molecule has 0 fully saturated rings. The van der Waals surface area contributed by atoms with E-state index in [2.05, 4.69) is 20.7 Å². The molecule has 0 unspecified atom stereocenters. The van der Waals surface area contributed by atoms with E-state index in [0.29, 0.717) is 15.7 Å². The van der Waals surface area contributed by atoms with Crippen molar-refractivity contribution in [2.75, 3.05) is 10.5 Å². The van der Waals surface area contributed by atoms with Crippen molar-refractivity contribution >= 4 is 37.3 Å². The van der Waals surface area contributed by atoms with Crippen molar-refractivity contribution in [3.63, 3.8) is 0 Å². The lowest BCUT2D eigenvalue weighted by molar-refractivity contribution is 0.598. The van der Waals surface area contributed by atoms with Crippen LogP contribution in [0.5, 0.6) is 0 Å². The van der Waals surface area contributed by atoms with Gasteiger partial charge in [-0.3, -0.25) is 4.72 Å². The number of nitrogens with one attached hydrogen (secondary N) is 1. The molecule has 0 atom stereocenters.